The maximum absolute atomic E-state index is 11.7. The van der Waals surface area contributed by atoms with Crippen molar-refractivity contribution in [1.29, 1.82) is 5.26 Å². The van der Waals surface area contributed by atoms with Crippen LogP contribution in [0.5, 0.6) is 0 Å². The van der Waals surface area contributed by atoms with Crippen molar-refractivity contribution < 1.29 is 14.5 Å². The molecule has 0 atom stereocenters. The molecule has 0 spiro atoms. The van der Waals surface area contributed by atoms with E-state index in [9.17, 15) is 14.9 Å². The number of hydrogen-bond donors (Lipinski definition) is 1. The van der Waals surface area contributed by atoms with E-state index >= 15 is 0 Å². The van der Waals surface area contributed by atoms with E-state index in [1.807, 2.05) is 0 Å². The van der Waals surface area contributed by atoms with Gasteiger partial charge in [0.15, 0.2) is 0 Å². The van der Waals surface area contributed by atoms with Gasteiger partial charge in [0.25, 0.3) is 11.6 Å². The third-order valence-electron chi connectivity index (χ3n) is 2.37. The molecule has 0 aromatic heterocycles. The first-order valence-corrected chi connectivity index (χ1v) is 5.72. The van der Waals surface area contributed by atoms with Gasteiger partial charge in [0.2, 0.25) is 0 Å². The SMILES string of the molecule is COCCNC(=O)/C(C#N)=C/c1ccc([N+](=O)[O-])cc1. The molecule has 0 radical (unpaired) electrons. The molecule has 0 fully saturated rings. The number of rotatable bonds is 6. The van der Waals surface area contributed by atoms with Crippen molar-refractivity contribution in [3.05, 3.63) is 45.5 Å². The highest BCUT2D eigenvalue weighted by molar-refractivity contribution is 6.01. The number of carbonyl (C=O) groups excluding carboxylic acids is 1. The van der Waals surface area contributed by atoms with Gasteiger partial charge < -0.3 is 10.1 Å². The van der Waals surface area contributed by atoms with Crippen LogP contribution in [0.15, 0.2) is 29.8 Å². The zero-order chi connectivity index (χ0) is 15.0. The number of nitro groups is 1. The van der Waals surface area contributed by atoms with Gasteiger partial charge in [0, 0.05) is 25.8 Å². The molecule has 1 aromatic carbocycles. The molecule has 7 nitrogen and oxygen atoms in total. The lowest BCUT2D eigenvalue weighted by atomic mass is 10.1. The van der Waals surface area contributed by atoms with Crippen molar-refractivity contribution in [2.45, 2.75) is 0 Å². The van der Waals surface area contributed by atoms with E-state index in [1.54, 1.807) is 6.07 Å². The van der Waals surface area contributed by atoms with Gasteiger partial charge in [-0.25, -0.2) is 0 Å². The lowest BCUT2D eigenvalue weighted by molar-refractivity contribution is -0.384. The van der Waals surface area contributed by atoms with E-state index in [4.69, 9.17) is 10.00 Å². The highest BCUT2D eigenvalue weighted by atomic mass is 16.6. The minimum atomic E-state index is -0.518. The molecule has 0 bridgehead atoms. The van der Waals surface area contributed by atoms with Crippen LogP contribution in [0.25, 0.3) is 6.08 Å². The van der Waals surface area contributed by atoms with Crippen molar-refractivity contribution in [2.24, 2.45) is 0 Å². The van der Waals surface area contributed by atoms with Crippen molar-refractivity contribution in [3.63, 3.8) is 0 Å². The van der Waals surface area contributed by atoms with Crippen LogP contribution in [0, 0.1) is 21.4 Å². The maximum Gasteiger partial charge on any atom is 0.269 e. The zero-order valence-electron chi connectivity index (χ0n) is 10.8. The number of nitro benzene ring substituents is 1. The smallest absolute Gasteiger partial charge is 0.269 e. The Labute approximate surface area is 115 Å². The Balaban J connectivity index is 2.81. The third-order valence-corrected chi connectivity index (χ3v) is 2.37. The average Bonchev–Trinajstić information content (AvgIpc) is 2.45. The van der Waals surface area contributed by atoms with E-state index in [0.29, 0.717) is 18.7 Å². The summed E-state index contributed by atoms with van der Waals surface area (Å²) < 4.78 is 4.78. The van der Waals surface area contributed by atoms with Crippen LogP contribution in [0.2, 0.25) is 0 Å². The first-order chi connectivity index (χ1) is 9.58. The topological polar surface area (TPSA) is 105 Å². The highest BCUT2D eigenvalue weighted by Crippen LogP contribution is 2.14. The Morgan fingerprint density at radius 3 is 2.65 bits per heavy atom. The lowest BCUT2D eigenvalue weighted by Crippen LogP contribution is -2.27. The van der Waals surface area contributed by atoms with Crippen LogP contribution >= 0.6 is 0 Å². The first-order valence-electron chi connectivity index (χ1n) is 5.72. The molecule has 0 saturated carbocycles. The number of non-ortho nitro benzene ring substituents is 1. The zero-order valence-corrected chi connectivity index (χ0v) is 10.8. The van der Waals surface area contributed by atoms with Gasteiger partial charge in [0.1, 0.15) is 11.6 Å². The number of methoxy groups -OCH3 is 1. The molecule has 0 aliphatic carbocycles. The van der Waals surface area contributed by atoms with E-state index in [0.717, 1.165) is 0 Å². The molecule has 1 rings (SSSR count). The summed E-state index contributed by atoms with van der Waals surface area (Å²) in [6, 6.07) is 7.35. The number of nitrogens with zero attached hydrogens (tertiary/aromatic N) is 2. The minimum absolute atomic E-state index is 0.0507. The molecule has 104 valence electrons. The summed E-state index contributed by atoms with van der Waals surface area (Å²) >= 11 is 0. The molecule has 0 heterocycles. The van der Waals surface area contributed by atoms with Crippen LogP contribution in [-0.4, -0.2) is 31.1 Å². The second kappa shape index (κ2) is 7.66. The molecule has 1 amide bonds. The number of benzene rings is 1. The summed E-state index contributed by atoms with van der Waals surface area (Å²) in [6.07, 6.45) is 1.37. The standard InChI is InChI=1S/C13H13N3O4/c1-20-7-6-15-13(17)11(9-14)8-10-2-4-12(5-3-10)16(18)19/h2-5,8H,6-7H2,1H3,(H,15,17)/b11-8+. The Bertz CT molecular complexity index is 558. The van der Waals surface area contributed by atoms with Crippen molar-refractivity contribution in [1.82, 2.24) is 5.32 Å². The Hall–Kier alpha value is -2.72. The van der Waals surface area contributed by atoms with Crippen LogP contribution in [0.4, 0.5) is 5.69 Å². The van der Waals surface area contributed by atoms with Gasteiger partial charge in [-0.2, -0.15) is 5.26 Å². The van der Waals surface area contributed by atoms with Gasteiger partial charge in [-0.15, -0.1) is 0 Å². The van der Waals surface area contributed by atoms with Crippen molar-refractivity contribution >= 4 is 17.7 Å². The summed E-state index contributed by atoms with van der Waals surface area (Å²) in [6.45, 7) is 0.649. The van der Waals surface area contributed by atoms with E-state index in [2.05, 4.69) is 5.32 Å². The fraction of sp³-hybridized carbons (Fsp3) is 0.231. The van der Waals surface area contributed by atoms with E-state index in [-0.39, 0.29) is 11.3 Å². The molecule has 0 unspecified atom stereocenters. The van der Waals surface area contributed by atoms with Gasteiger partial charge in [0.05, 0.1) is 11.5 Å². The molecule has 1 N–H and O–H groups in total. The van der Waals surface area contributed by atoms with E-state index in [1.165, 1.54) is 37.5 Å². The van der Waals surface area contributed by atoms with Crippen LogP contribution in [0.3, 0.4) is 0 Å². The molecule has 0 aliphatic rings. The number of amides is 1. The Morgan fingerprint density at radius 1 is 1.50 bits per heavy atom. The predicted molar refractivity (Wildman–Crippen MR) is 71.6 cm³/mol. The quantitative estimate of drug-likeness (QED) is 0.276. The number of ether oxygens (including phenoxy) is 1. The number of hydrogen-bond acceptors (Lipinski definition) is 5. The monoisotopic (exact) mass is 275 g/mol. The van der Waals surface area contributed by atoms with Crippen molar-refractivity contribution in [3.8, 4) is 6.07 Å². The summed E-state index contributed by atoms with van der Waals surface area (Å²) in [5.41, 5.74) is 0.411. The fourth-order valence-corrected chi connectivity index (χ4v) is 1.37. The van der Waals surface area contributed by atoms with Crippen molar-refractivity contribution in [2.75, 3.05) is 20.3 Å². The number of nitriles is 1. The maximum atomic E-state index is 11.7. The van der Waals surface area contributed by atoms with Crippen LogP contribution < -0.4 is 5.32 Å². The molecule has 0 saturated heterocycles. The Morgan fingerprint density at radius 2 is 2.15 bits per heavy atom. The highest BCUT2D eigenvalue weighted by Gasteiger charge is 2.09. The summed E-state index contributed by atoms with van der Waals surface area (Å²) in [5, 5.41) is 22.0. The molecule has 1 aromatic rings. The summed E-state index contributed by atoms with van der Waals surface area (Å²) in [4.78, 5) is 21.7. The van der Waals surface area contributed by atoms with Gasteiger partial charge in [-0.3, -0.25) is 14.9 Å². The van der Waals surface area contributed by atoms with Gasteiger partial charge >= 0.3 is 0 Å². The molecular weight excluding hydrogens is 262 g/mol. The lowest BCUT2D eigenvalue weighted by Gasteiger charge is -2.03. The fourth-order valence-electron chi connectivity index (χ4n) is 1.37. The number of nitrogens with one attached hydrogen (secondary N) is 1. The minimum Gasteiger partial charge on any atom is -0.383 e. The molecule has 7 heteroatoms. The predicted octanol–water partition coefficient (Wildman–Crippen LogP) is 1.26. The molecule has 20 heavy (non-hydrogen) atoms. The van der Waals surface area contributed by atoms with Crippen LogP contribution in [-0.2, 0) is 9.53 Å². The summed E-state index contributed by atoms with van der Waals surface area (Å²) in [5.74, 6) is -0.511. The second-order valence-corrected chi connectivity index (χ2v) is 3.77. The Kier molecular flexibility index (Phi) is 5.87. The average molecular weight is 275 g/mol. The second-order valence-electron chi connectivity index (χ2n) is 3.77. The number of carbonyl (C=O) groups is 1. The van der Waals surface area contributed by atoms with Gasteiger partial charge in [-0.1, -0.05) is 0 Å². The molecular formula is C13H13N3O4. The largest absolute Gasteiger partial charge is 0.383 e. The first kappa shape index (κ1) is 15.3. The molecule has 0 aliphatic heterocycles. The summed E-state index contributed by atoms with van der Waals surface area (Å²) in [7, 11) is 1.50. The van der Waals surface area contributed by atoms with E-state index < -0.39 is 10.8 Å². The van der Waals surface area contributed by atoms with Crippen LogP contribution in [0.1, 0.15) is 5.56 Å². The third kappa shape index (κ3) is 4.51. The normalized spacial score (nSPS) is 10.7. The van der Waals surface area contributed by atoms with Gasteiger partial charge in [-0.05, 0) is 23.8 Å².